The lowest BCUT2D eigenvalue weighted by atomic mass is 9.94. The number of aliphatic hydroxyl groups is 1. The van der Waals surface area contributed by atoms with Gasteiger partial charge in [-0.2, -0.15) is 0 Å². The number of hydrogen-bond acceptors (Lipinski definition) is 1. The first-order valence-corrected chi connectivity index (χ1v) is 5.26. The van der Waals surface area contributed by atoms with Gasteiger partial charge in [-0.3, -0.25) is 0 Å². The van der Waals surface area contributed by atoms with Crippen LogP contribution < -0.4 is 0 Å². The number of benzene rings is 1. The third-order valence-corrected chi connectivity index (χ3v) is 2.90. The van der Waals surface area contributed by atoms with E-state index in [2.05, 4.69) is 0 Å². The molecule has 0 fully saturated rings. The molecule has 1 atom stereocenters. The Bertz CT molecular complexity index is 331. The molecule has 0 spiro atoms. The Balaban J connectivity index is 3.15. The second kappa shape index (κ2) is 4.33. The fraction of sp³-hybridized carbons (Fsp3) is 0.500. The zero-order valence-electron chi connectivity index (χ0n) is 9.13. The van der Waals surface area contributed by atoms with Crippen LogP contribution in [-0.4, -0.2) is 5.11 Å². The van der Waals surface area contributed by atoms with Crippen LogP contribution >= 0.6 is 11.6 Å². The SMILES string of the molecule is Cc1cc(C(O)C(C)C)c(C)cc1Cl. The van der Waals surface area contributed by atoms with Crippen LogP contribution in [0.5, 0.6) is 0 Å². The fourth-order valence-corrected chi connectivity index (χ4v) is 1.70. The van der Waals surface area contributed by atoms with E-state index < -0.39 is 6.10 Å². The van der Waals surface area contributed by atoms with Gasteiger partial charge in [-0.25, -0.2) is 0 Å². The van der Waals surface area contributed by atoms with E-state index >= 15 is 0 Å². The van der Waals surface area contributed by atoms with Crippen molar-refractivity contribution in [2.75, 3.05) is 0 Å². The lowest BCUT2D eigenvalue weighted by Crippen LogP contribution is -2.07. The Labute approximate surface area is 90.7 Å². The summed E-state index contributed by atoms with van der Waals surface area (Å²) in [5.41, 5.74) is 3.07. The first-order valence-electron chi connectivity index (χ1n) is 4.88. The van der Waals surface area contributed by atoms with E-state index in [0.29, 0.717) is 0 Å². The second-order valence-electron chi connectivity index (χ2n) is 4.15. The smallest absolute Gasteiger partial charge is 0.0815 e. The molecule has 1 nitrogen and oxygen atoms in total. The molecular formula is C12H17ClO. The van der Waals surface area contributed by atoms with Crippen molar-refractivity contribution in [3.63, 3.8) is 0 Å². The van der Waals surface area contributed by atoms with Gasteiger partial charge in [-0.1, -0.05) is 31.5 Å². The summed E-state index contributed by atoms with van der Waals surface area (Å²) >= 11 is 5.99. The van der Waals surface area contributed by atoms with Gasteiger partial charge >= 0.3 is 0 Å². The minimum absolute atomic E-state index is 0.231. The molecule has 0 radical (unpaired) electrons. The first kappa shape index (κ1) is 11.5. The fourth-order valence-electron chi connectivity index (χ4n) is 1.48. The zero-order valence-corrected chi connectivity index (χ0v) is 9.89. The van der Waals surface area contributed by atoms with Crippen molar-refractivity contribution >= 4 is 11.6 Å². The minimum atomic E-state index is -0.397. The average Bonchev–Trinajstić information content (AvgIpc) is 2.10. The summed E-state index contributed by atoms with van der Waals surface area (Å²) in [6, 6.07) is 3.89. The monoisotopic (exact) mass is 212 g/mol. The molecule has 1 aromatic carbocycles. The van der Waals surface area contributed by atoms with Crippen molar-refractivity contribution < 1.29 is 5.11 Å². The van der Waals surface area contributed by atoms with Crippen LogP contribution in [0.15, 0.2) is 12.1 Å². The van der Waals surface area contributed by atoms with Crippen molar-refractivity contribution in [1.29, 1.82) is 0 Å². The van der Waals surface area contributed by atoms with E-state index in [4.69, 9.17) is 11.6 Å². The van der Waals surface area contributed by atoms with E-state index in [-0.39, 0.29) is 5.92 Å². The molecule has 78 valence electrons. The summed E-state index contributed by atoms with van der Waals surface area (Å²) in [6.07, 6.45) is -0.397. The predicted octanol–water partition coefficient (Wildman–Crippen LogP) is 3.65. The van der Waals surface area contributed by atoms with Gasteiger partial charge in [-0.05, 0) is 42.5 Å². The number of hydrogen-bond donors (Lipinski definition) is 1. The normalized spacial score (nSPS) is 13.4. The van der Waals surface area contributed by atoms with Crippen molar-refractivity contribution in [2.45, 2.75) is 33.8 Å². The Hall–Kier alpha value is -0.530. The predicted molar refractivity (Wildman–Crippen MR) is 60.7 cm³/mol. The molecule has 0 bridgehead atoms. The van der Waals surface area contributed by atoms with Gasteiger partial charge in [-0.15, -0.1) is 0 Å². The van der Waals surface area contributed by atoms with Gasteiger partial charge in [0, 0.05) is 5.02 Å². The quantitative estimate of drug-likeness (QED) is 0.794. The Kier molecular flexibility index (Phi) is 3.57. The Morgan fingerprint density at radius 3 is 2.21 bits per heavy atom. The number of halogens is 1. The molecule has 1 N–H and O–H groups in total. The molecule has 0 saturated carbocycles. The molecule has 0 aliphatic carbocycles. The highest BCUT2D eigenvalue weighted by Crippen LogP contribution is 2.28. The highest BCUT2D eigenvalue weighted by Gasteiger charge is 2.15. The number of aryl methyl sites for hydroxylation is 2. The number of rotatable bonds is 2. The molecule has 2 heteroatoms. The summed E-state index contributed by atoms with van der Waals surface area (Å²) in [4.78, 5) is 0. The van der Waals surface area contributed by atoms with E-state index in [1.165, 1.54) is 0 Å². The van der Waals surface area contributed by atoms with Crippen LogP contribution in [0.4, 0.5) is 0 Å². The summed E-state index contributed by atoms with van der Waals surface area (Å²) in [5.74, 6) is 0.231. The topological polar surface area (TPSA) is 20.2 Å². The van der Waals surface area contributed by atoms with Crippen LogP contribution in [0.1, 0.15) is 36.6 Å². The average molecular weight is 213 g/mol. The van der Waals surface area contributed by atoms with Crippen LogP contribution in [0.3, 0.4) is 0 Å². The highest BCUT2D eigenvalue weighted by molar-refractivity contribution is 6.31. The molecule has 1 rings (SSSR count). The third-order valence-electron chi connectivity index (χ3n) is 2.50. The molecule has 14 heavy (non-hydrogen) atoms. The van der Waals surface area contributed by atoms with Gasteiger partial charge in [0.2, 0.25) is 0 Å². The van der Waals surface area contributed by atoms with Crippen LogP contribution in [0.2, 0.25) is 5.02 Å². The summed E-state index contributed by atoms with van der Waals surface area (Å²) in [5, 5.41) is 10.7. The zero-order chi connectivity index (χ0) is 10.9. The molecule has 1 unspecified atom stereocenters. The van der Waals surface area contributed by atoms with E-state index in [1.807, 2.05) is 39.8 Å². The first-order chi connectivity index (χ1) is 6.43. The van der Waals surface area contributed by atoms with E-state index in [9.17, 15) is 5.11 Å². The van der Waals surface area contributed by atoms with Gasteiger partial charge < -0.3 is 5.11 Å². The molecule has 0 amide bonds. The third kappa shape index (κ3) is 2.28. The van der Waals surface area contributed by atoms with Crippen molar-refractivity contribution in [3.05, 3.63) is 33.8 Å². The lowest BCUT2D eigenvalue weighted by Gasteiger charge is -2.18. The van der Waals surface area contributed by atoms with Crippen molar-refractivity contribution in [3.8, 4) is 0 Å². The standard InChI is InChI=1S/C12H17ClO/c1-7(2)12(14)10-5-9(4)11(13)6-8(10)3/h5-7,12,14H,1-4H3. The molecule has 0 saturated heterocycles. The lowest BCUT2D eigenvalue weighted by molar-refractivity contribution is 0.126. The van der Waals surface area contributed by atoms with Crippen LogP contribution in [-0.2, 0) is 0 Å². The largest absolute Gasteiger partial charge is 0.388 e. The summed E-state index contributed by atoms with van der Waals surface area (Å²) in [6.45, 7) is 7.95. The molecule has 0 heterocycles. The Morgan fingerprint density at radius 1 is 1.14 bits per heavy atom. The minimum Gasteiger partial charge on any atom is -0.388 e. The number of aliphatic hydroxyl groups excluding tert-OH is 1. The highest BCUT2D eigenvalue weighted by atomic mass is 35.5. The van der Waals surface area contributed by atoms with Gasteiger partial charge in [0.25, 0.3) is 0 Å². The summed E-state index contributed by atoms with van der Waals surface area (Å²) < 4.78 is 0. The molecular weight excluding hydrogens is 196 g/mol. The van der Waals surface area contributed by atoms with E-state index in [1.54, 1.807) is 0 Å². The maximum absolute atomic E-state index is 9.95. The molecule has 0 aliphatic heterocycles. The van der Waals surface area contributed by atoms with Crippen molar-refractivity contribution in [2.24, 2.45) is 5.92 Å². The maximum Gasteiger partial charge on any atom is 0.0815 e. The molecule has 0 aromatic heterocycles. The molecule has 0 aliphatic rings. The van der Waals surface area contributed by atoms with Gasteiger partial charge in [0.15, 0.2) is 0 Å². The van der Waals surface area contributed by atoms with E-state index in [0.717, 1.165) is 21.7 Å². The second-order valence-corrected chi connectivity index (χ2v) is 4.55. The van der Waals surface area contributed by atoms with Crippen LogP contribution in [0, 0.1) is 19.8 Å². The van der Waals surface area contributed by atoms with Crippen molar-refractivity contribution in [1.82, 2.24) is 0 Å². The van der Waals surface area contributed by atoms with Crippen LogP contribution in [0.25, 0.3) is 0 Å². The van der Waals surface area contributed by atoms with Gasteiger partial charge in [0.1, 0.15) is 0 Å². The maximum atomic E-state index is 9.95. The Morgan fingerprint density at radius 2 is 1.71 bits per heavy atom. The summed E-state index contributed by atoms with van der Waals surface area (Å²) in [7, 11) is 0. The molecule has 1 aromatic rings. The van der Waals surface area contributed by atoms with Gasteiger partial charge in [0.05, 0.1) is 6.10 Å².